The van der Waals surface area contributed by atoms with Gasteiger partial charge in [0.25, 0.3) is 6.26 Å². The van der Waals surface area contributed by atoms with Crippen LogP contribution in [-0.2, 0) is 9.53 Å². The van der Waals surface area contributed by atoms with Crippen molar-refractivity contribution < 1.29 is 14.3 Å². The van der Waals surface area contributed by atoms with Crippen LogP contribution in [0.25, 0.3) is 0 Å². The second-order valence-electron chi connectivity index (χ2n) is 3.60. The lowest BCUT2D eigenvalue weighted by Crippen LogP contribution is -2.65. The third-order valence-corrected chi connectivity index (χ3v) is 2.48. The van der Waals surface area contributed by atoms with Gasteiger partial charge in [0.2, 0.25) is 12.0 Å². The van der Waals surface area contributed by atoms with E-state index in [1.807, 2.05) is 6.07 Å². The van der Waals surface area contributed by atoms with Crippen LogP contribution < -0.4 is 4.90 Å². The summed E-state index contributed by atoms with van der Waals surface area (Å²) in [4.78, 5) is 31.8. The van der Waals surface area contributed by atoms with Crippen LogP contribution in [-0.4, -0.2) is 36.4 Å². The Bertz CT molecular complexity index is 619. The molecule has 0 saturated carbocycles. The number of benzene rings is 1. The maximum Gasteiger partial charge on any atom is 0.341 e. The Morgan fingerprint density at radius 1 is 1.04 bits per heavy atom. The number of isocyanates is 1. The number of guanidine groups is 1. The Kier molecular flexibility index (Phi) is 22.0. The molecule has 1 aromatic carbocycles. The summed E-state index contributed by atoms with van der Waals surface area (Å²) in [7, 11) is 0. The highest BCUT2D eigenvalue weighted by Crippen LogP contribution is 2.25. The molecule has 2 rings (SSSR count). The largest absolute Gasteiger partial charge is 0.405 e. The molecule has 0 atom stereocenters. The van der Waals surface area contributed by atoms with Crippen molar-refractivity contribution in [2.75, 3.05) is 18.3 Å². The summed E-state index contributed by atoms with van der Waals surface area (Å²) in [6.07, 6.45) is 2.83. The zero-order valence-corrected chi connectivity index (χ0v) is 10.3. The topological polar surface area (TPSA) is 98.4 Å². The van der Waals surface area contributed by atoms with Crippen molar-refractivity contribution in [3.05, 3.63) is 30.3 Å². The molecule has 1 aliphatic rings. The minimum atomic E-state index is -0.375. The van der Waals surface area contributed by atoms with Crippen LogP contribution in [0.2, 0.25) is 0 Å². The first-order valence-electron chi connectivity index (χ1n) is 5.55. The highest BCUT2D eigenvalue weighted by Gasteiger charge is 2.42. The van der Waals surface area contributed by atoms with Crippen molar-refractivity contribution in [1.29, 1.82) is 5.26 Å². The van der Waals surface area contributed by atoms with Gasteiger partial charge < -0.3 is 4.74 Å². The van der Waals surface area contributed by atoms with E-state index in [0.717, 1.165) is 4.90 Å². The first kappa shape index (κ1) is 34.2. The number of hydrogen-bond donors (Lipinski definition) is 0. The molecule has 0 spiro atoms. The van der Waals surface area contributed by atoms with Crippen LogP contribution >= 0.6 is 0 Å². The Morgan fingerprint density at radius 3 is 2.12 bits per heavy atom. The zero-order chi connectivity index (χ0) is 14.4. The van der Waals surface area contributed by atoms with Gasteiger partial charge in [0.05, 0.1) is 5.69 Å². The maximum absolute atomic E-state index is 12.0. The van der Waals surface area contributed by atoms with Crippen LogP contribution in [0.15, 0.2) is 40.3 Å². The molecule has 1 fully saturated rings. The normalized spacial score (nSPS) is 11.8. The fraction of sp³-hybridized carbons (Fsp3) is 0.444. The van der Waals surface area contributed by atoms with Crippen molar-refractivity contribution in [3.63, 3.8) is 0 Å². The van der Waals surface area contributed by atoms with Crippen molar-refractivity contribution in [3.8, 4) is 6.26 Å². The lowest BCUT2D eigenvalue weighted by Gasteiger charge is -2.41. The third kappa shape index (κ3) is 7.16. The van der Waals surface area contributed by atoms with Gasteiger partial charge in [0.1, 0.15) is 6.67 Å². The van der Waals surface area contributed by atoms with Gasteiger partial charge in [-0.1, -0.05) is 62.8 Å². The smallest absolute Gasteiger partial charge is 0.341 e. The minimum Gasteiger partial charge on any atom is -0.405 e. The number of nitriles is 1. The highest BCUT2D eigenvalue weighted by atomic mass is 16.5. The van der Waals surface area contributed by atoms with Crippen molar-refractivity contribution in [2.24, 2.45) is 9.98 Å². The van der Waals surface area contributed by atoms with Crippen LogP contribution in [0, 0.1) is 11.5 Å². The van der Waals surface area contributed by atoms with Crippen LogP contribution in [0.5, 0.6) is 0 Å². The Hall–Kier alpha value is -3.17. The van der Waals surface area contributed by atoms with E-state index in [1.54, 1.807) is 24.3 Å². The number of anilines is 1. The van der Waals surface area contributed by atoms with Gasteiger partial charge >= 0.3 is 6.03 Å². The number of ether oxygens (including phenoxy) is 1. The first-order valence-corrected chi connectivity index (χ1v) is 5.55. The summed E-state index contributed by atoms with van der Waals surface area (Å²) in [5.74, 6) is 0.260. The molecule has 0 unspecified atom stereocenters. The molecule has 2 amide bonds. The maximum atomic E-state index is 12.0. The van der Waals surface area contributed by atoms with Crippen LogP contribution in [0.1, 0.15) is 44.6 Å². The number of amides is 2. The Balaban J connectivity index is -0.000000245. The van der Waals surface area contributed by atoms with Crippen molar-refractivity contribution >= 4 is 23.8 Å². The van der Waals surface area contributed by atoms with E-state index in [9.17, 15) is 9.59 Å². The fourth-order valence-corrected chi connectivity index (χ4v) is 1.66. The molecule has 26 heavy (non-hydrogen) atoms. The molecule has 0 aromatic heterocycles. The SMILES string of the molecule is C.C.C.C.C.C.N#COCN1C(=O)N(c2ccccc2)C1=NCN=C=O. The lowest BCUT2D eigenvalue weighted by molar-refractivity contribution is 0.149. The number of rotatable bonds is 5. The van der Waals surface area contributed by atoms with Crippen molar-refractivity contribution in [2.45, 2.75) is 44.6 Å². The number of aliphatic imine (C=N–C) groups is 2. The Labute approximate surface area is 158 Å². The molecule has 0 bridgehead atoms. The highest BCUT2D eigenvalue weighted by molar-refractivity contribution is 6.30. The van der Waals surface area contributed by atoms with Crippen molar-refractivity contribution in [1.82, 2.24) is 4.90 Å². The first-order chi connectivity index (χ1) is 9.79. The molecule has 1 aromatic rings. The predicted molar refractivity (Wildman–Crippen MR) is 109 cm³/mol. The van der Waals surface area contributed by atoms with E-state index in [4.69, 9.17) is 5.26 Å². The lowest BCUT2D eigenvalue weighted by atomic mass is 10.2. The van der Waals surface area contributed by atoms with Crippen LogP contribution in [0.3, 0.4) is 0 Å². The van der Waals surface area contributed by atoms with Gasteiger partial charge in [-0.25, -0.2) is 24.4 Å². The summed E-state index contributed by atoms with van der Waals surface area (Å²) in [6, 6.07) is 8.46. The molecular weight excluding hydrogens is 334 g/mol. The standard InChI is InChI=1S/C12H9N5O3.6CH4/c13-6-20-9-16-11(15-7-14-8-18)17(12(16)19)10-4-2-1-3-5-10;;;;;;/h1-5H,7,9H2;6*1H4. The number of nitrogens with zero attached hydrogens (tertiary/aromatic N) is 5. The molecular formula is C18H33N5O3. The second kappa shape index (κ2) is 16.7. The molecule has 0 aliphatic carbocycles. The molecule has 148 valence electrons. The van der Waals surface area contributed by atoms with Gasteiger partial charge in [-0.3, -0.25) is 0 Å². The van der Waals surface area contributed by atoms with Gasteiger partial charge in [0, 0.05) is 0 Å². The van der Waals surface area contributed by atoms with Gasteiger partial charge in [-0.15, -0.1) is 0 Å². The molecule has 8 heteroatoms. The summed E-state index contributed by atoms with van der Waals surface area (Å²) in [5.41, 5.74) is 0.625. The second-order valence-corrected chi connectivity index (χ2v) is 3.60. The van der Waals surface area contributed by atoms with Gasteiger partial charge in [0.15, 0.2) is 6.73 Å². The third-order valence-electron chi connectivity index (χ3n) is 2.48. The predicted octanol–water partition coefficient (Wildman–Crippen LogP) is 4.85. The van der Waals surface area contributed by atoms with Crippen LogP contribution in [0.4, 0.5) is 10.5 Å². The molecule has 0 N–H and O–H groups in total. The molecule has 1 heterocycles. The average molecular weight is 367 g/mol. The zero-order valence-electron chi connectivity index (χ0n) is 10.3. The van der Waals surface area contributed by atoms with E-state index in [2.05, 4.69) is 14.7 Å². The molecule has 0 radical (unpaired) electrons. The number of para-hydroxylation sites is 1. The van der Waals surface area contributed by atoms with E-state index in [-0.39, 0.29) is 70.0 Å². The molecule has 1 aliphatic heterocycles. The number of hydrogen-bond acceptors (Lipinski definition) is 6. The number of carbonyl (C=O) groups excluding carboxylic acids is 2. The molecule has 8 nitrogen and oxygen atoms in total. The van der Waals surface area contributed by atoms with E-state index in [0.29, 0.717) is 5.69 Å². The summed E-state index contributed by atoms with van der Waals surface area (Å²) in [5, 5.41) is 8.37. The Morgan fingerprint density at radius 2 is 1.62 bits per heavy atom. The fourth-order valence-electron chi connectivity index (χ4n) is 1.66. The molecule has 1 saturated heterocycles. The quantitative estimate of drug-likeness (QED) is 0.422. The van der Waals surface area contributed by atoms with Gasteiger partial charge in [-0.2, -0.15) is 10.3 Å². The van der Waals surface area contributed by atoms with E-state index in [1.165, 1.54) is 17.2 Å². The summed E-state index contributed by atoms with van der Waals surface area (Å²) in [6.45, 7) is -0.388. The summed E-state index contributed by atoms with van der Waals surface area (Å²) >= 11 is 0. The number of urea groups is 1. The van der Waals surface area contributed by atoms with E-state index < -0.39 is 0 Å². The van der Waals surface area contributed by atoms with Gasteiger partial charge in [-0.05, 0) is 12.1 Å². The minimum absolute atomic E-state index is 0. The van der Waals surface area contributed by atoms with E-state index >= 15 is 0 Å². The average Bonchev–Trinajstić information content (AvgIpc) is 2.48. The summed E-state index contributed by atoms with van der Waals surface area (Å²) < 4.78 is 4.52. The number of carbonyl (C=O) groups is 1. The monoisotopic (exact) mass is 367 g/mol.